The van der Waals surface area contributed by atoms with Gasteiger partial charge in [-0.2, -0.15) is 0 Å². The number of hydrogen-bond acceptors (Lipinski definition) is 4. The molecule has 18 heavy (non-hydrogen) atoms. The van der Waals surface area contributed by atoms with Gasteiger partial charge in [0.2, 0.25) is 5.88 Å². The molecule has 0 aromatic carbocycles. The second kappa shape index (κ2) is 4.78. The molecule has 6 heteroatoms. The van der Waals surface area contributed by atoms with E-state index in [4.69, 9.17) is 16.1 Å². The molecule has 2 heterocycles. The molecule has 1 N–H and O–H groups in total. The maximum atomic E-state index is 12.0. The highest BCUT2D eigenvalue weighted by Gasteiger charge is 2.16. The molecule has 2 aromatic rings. The SMILES string of the molecule is Cc1cc(Cl)c(C(=O)Nc2onc(C)c2C)cn1. The number of carbonyl (C=O) groups excluding carboxylic acids is 1. The van der Waals surface area contributed by atoms with E-state index in [1.807, 2.05) is 6.92 Å². The van der Waals surface area contributed by atoms with Crippen LogP contribution >= 0.6 is 11.6 Å². The minimum absolute atomic E-state index is 0.302. The number of amides is 1. The van der Waals surface area contributed by atoms with Gasteiger partial charge in [-0.3, -0.25) is 15.1 Å². The normalized spacial score (nSPS) is 10.4. The Labute approximate surface area is 109 Å². The van der Waals surface area contributed by atoms with Gasteiger partial charge in [0.25, 0.3) is 5.91 Å². The molecule has 0 fully saturated rings. The van der Waals surface area contributed by atoms with E-state index in [2.05, 4.69) is 15.5 Å². The van der Waals surface area contributed by atoms with Crippen molar-refractivity contribution in [3.63, 3.8) is 0 Å². The minimum atomic E-state index is -0.369. The Bertz CT molecular complexity index is 607. The van der Waals surface area contributed by atoms with Crippen LogP contribution in [0.4, 0.5) is 5.88 Å². The zero-order valence-electron chi connectivity index (χ0n) is 10.2. The molecule has 94 valence electrons. The van der Waals surface area contributed by atoms with E-state index in [1.54, 1.807) is 19.9 Å². The summed E-state index contributed by atoms with van der Waals surface area (Å²) in [5.41, 5.74) is 2.58. The van der Waals surface area contributed by atoms with Crippen molar-refractivity contribution in [2.45, 2.75) is 20.8 Å². The van der Waals surface area contributed by atoms with Crippen LogP contribution in [0, 0.1) is 20.8 Å². The molecular formula is C12H12ClN3O2. The first-order chi connectivity index (χ1) is 8.49. The van der Waals surface area contributed by atoms with E-state index in [9.17, 15) is 4.79 Å². The minimum Gasteiger partial charge on any atom is -0.338 e. The zero-order valence-corrected chi connectivity index (χ0v) is 11.0. The Balaban J connectivity index is 2.25. The van der Waals surface area contributed by atoms with E-state index < -0.39 is 0 Å². The van der Waals surface area contributed by atoms with Gasteiger partial charge < -0.3 is 4.52 Å². The number of halogens is 1. The fraction of sp³-hybridized carbons (Fsp3) is 0.250. The summed E-state index contributed by atoms with van der Waals surface area (Å²) in [6.45, 7) is 5.42. The van der Waals surface area contributed by atoms with Crippen molar-refractivity contribution in [3.05, 3.63) is 39.8 Å². The van der Waals surface area contributed by atoms with Crippen LogP contribution in [-0.2, 0) is 0 Å². The number of anilines is 1. The van der Waals surface area contributed by atoms with Gasteiger partial charge >= 0.3 is 0 Å². The van der Waals surface area contributed by atoms with Gasteiger partial charge in [0, 0.05) is 17.5 Å². The number of carbonyl (C=O) groups is 1. The van der Waals surface area contributed by atoms with Crippen LogP contribution in [0.3, 0.4) is 0 Å². The van der Waals surface area contributed by atoms with Crippen molar-refractivity contribution in [1.82, 2.24) is 10.1 Å². The number of rotatable bonds is 2. The number of pyridine rings is 1. The van der Waals surface area contributed by atoms with Crippen molar-refractivity contribution in [1.29, 1.82) is 0 Å². The van der Waals surface area contributed by atoms with Gasteiger partial charge in [0.05, 0.1) is 16.3 Å². The predicted molar refractivity (Wildman–Crippen MR) is 67.9 cm³/mol. The second-order valence-corrected chi connectivity index (χ2v) is 4.39. The van der Waals surface area contributed by atoms with Crippen LogP contribution in [0.25, 0.3) is 0 Å². The first kappa shape index (κ1) is 12.6. The van der Waals surface area contributed by atoms with Gasteiger partial charge in [0.15, 0.2) is 0 Å². The van der Waals surface area contributed by atoms with E-state index in [1.165, 1.54) is 6.20 Å². The van der Waals surface area contributed by atoms with E-state index in [0.717, 1.165) is 17.0 Å². The summed E-state index contributed by atoms with van der Waals surface area (Å²) >= 11 is 5.99. The van der Waals surface area contributed by atoms with Crippen LogP contribution in [0.5, 0.6) is 0 Å². The van der Waals surface area contributed by atoms with Crippen molar-refractivity contribution in [3.8, 4) is 0 Å². The van der Waals surface area contributed by atoms with Crippen molar-refractivity contribution < 1.29 is 9.32 Å². The molecule has 0 saturated heterocycles. The summed E-state index contributed by atoms with van der Waals surface area (Å²) in [7, 11) is 0. The molecule has 0 bridgehead atoms. The fourth-order valence-corrected chi connectivity index (χ4v) is 1.69. The summed E-state index contributed by atoms with van der Waals surface area (Å²) in [6.07, 6.45) is 1.44. The lowest BCUT2D eigenvalue weighted by atomic mass is 10.2. The van der Waals surface area contributed by atoms with Gasteiger partial charge in [0.1, 0.15) is 0 Å². The maximum absolute atomic E-state index is 12.0. The summed E-state index contributed by atoms with van der Waals surface area (Å²) in [4.78, 5) is 16.0. The fourth-order valence-electron chi connectivity index (χ4n) is 1.40. The molecule has 0 unspecified atom stereocenters. The van der Waals surface area contributed by atoms with Crippen molar-refractivity contribution in [2.75, 3.05) is 5.32 Å². The topological polar surface area (TPSA) is 68.0 Å². The molecular weight excluding hydrogens is 254 g/mol. The number of aryl methyl sites for hydroxylation is 2. The van der Waals surface area contributed by atoms with Crippen molar-refractivity contribution in [2.24, 2.45) is 0 Å². The van der Waals surface area contributed by atoms with Crippen LogP contribution in [0.15, 0.2) is 16.8 Å². The first-order valence-electron chi connectivity index (χ1n) is 5.35. The Morgan fingerprint density at radius 2 is 2.11 bits per heavy atom. The van der Waals surface area contributed by atoms with Crippen LogP contribution in [0.2, 0.25) is 5.02 Å². The molecule has 0 saturated carbocycles. The quantitative estimate of drug-likeness (QED) is 0.906. The monoisotopic (exact) mass is 265 g/mol. The molecule has 0 aliphatic carbocycles. The first-order valence-corrected chi connectivity index (χ1v) is 5.73. The van der Waals surface area contributed by atoms with Gasteiger partial charge in [-0.25, -0.2) is 0 Å². The van der Waals surface area contributed by atoms with Gasteiger partial charge in [-0.1, -0.05) is 16.8 Å². The Hall–Kier alpha value is -1.88. The largest absolute Gasteiger partial charge is 0.338 e. The number of nitrogens with zero attached hydrogens (tertiary/aromatic N) is 2. The summed E-state index contributed by atoms with van der Waals surface area (Å²) in [5, 5.41) is 6.73. The van der Waals surface area contributed by atoms with E-state index in [-0.39, 0.29) is 5.91 Å². The average molecular weight is 266 g/mol. The standard InChI is InChI=1S/C12H12ClN3O2/c1-6-4-10(13)9(5-14-6)11(17)15-12-7(2)8(3)16-18-12/h4-5H,1-3H3,(H,15,17). The number of nitrogens with one attached hydrogen (secondary N) is 1. The lowest BCUT2D eigenvalue weighted by Crippen LogP contribution is -2.13. The maximum Gasteiger partial charge on any atom is 0.261 e. The number of aromatic nitrogens is 2. The van der Waals surface area contributed by atoms with Gasteiger partial charge in [-0.15, -0.1) is 0 Å². The smallest absolute Gasteiger partial charge is 0.261 e. The van der Waals surface area contributed by atoms with Crippen molar-refractivity contribution >= 4 is 23.4 Å². The Morgan fingerprint density at radius 1 is 1.39 bits per heavy atom. The average Bonchev–Trinajstić information content (AvgIpc) is 2.61. The molecule has 2 aromatic heterocycles. The molecule has 0 aliphatic rings. The second-order valence-electron chi connectivity index (χ2n) is 3.98. The number of hydrogen-bond donors (Lipinski definition) is 1. The molecule has 5 nitrogen and oxygen atoms in total. The van der Waals surface area contributed by atoms with Crippen LogP contribution in [-0.4, -0.2) is 16.0 Å². The lowest BCUT2D eigenvalue weighted by Gasteiger charge is -2.04. The highest BCUT2D eigenvalue weighted by molar-refractivity contribution is 6.34. The van der Waals surface area contributed by atoms with Gasteiger partial charge in [-0.05, 0) is 26.8 Å². The van der Waals surface area contributed by atoms with E-state index in [0.29, 0.717) is 16.5 Å². The lowest BCUT2D eigenvalue weighted by molar-refractivity contribution is 0.102. The third-order valence-corrected chi connectivity index (χ3v) is 2.93. The zero-order chi connectivity index (χ0) is 13.3. The third kappa shape index (κ3) is 2.36. The highest BCUT2D eigenvalue weighted by Crippen LogP contribution is 2.21. The molecule has 0 radical (unpaired) electrons. The Kier molecular flexibility index (Phi) is 3.34. The molecule has 2 rings (SSSR count). The Morgan fingerprint density at radius 3 is 2.67 bits per heavy atom. The van der Waals surface area contributed by atoms with Crippen LogP contribution < -0.4 is 5.32 Å². The molecule has 0 atom stereocenters. The van der Waals surface area contributed by atoms with Crippen LogP contribution in [0.1, 0.15) is 27.3 Å². The predicted octanol–water partition coefficient (Wildman–Crippen LogP) is 2.90. The molecule has 1 amide bonds. The molecule has 0 spiro atoms. The summed E-state index contributed by atoms with van der Waals surface area (Å²) in [6, 6.07) is 1.63. The molecule has 0 aliphatic heterocycles. The third-order valence-electron chi connectivity index (χ3n) is 2.62. The highest BCUT2D eigenvalue weighted by atomic mass is 35.5. The summed E-state index contributed by atoms with van der Waals surface area (Å²) < 4.78 is 5.01. The summed E-state index contributed by atoms with van der Waals surface area (Å²) in [5.74, 6) is -0.0408. The van der Waals surface area contributed by atoms with E-state index >= 15 is 0 Å².